The monoisotopic (exact) mass is 314 g/mol. The van der Waals surface area contributed by atoms with Crippen LogP contribution in [0, 0.1) is 0 Å². The molecule has 0 spiro atoms. The molecular weight excluding hydrogens is 300 g/mol. The lowest BCUT2D eigenvalue weighted by Crippen LogP contribution is -2.39. The van der Waals surface area contributed by atoms with Crippen molar-refractivity contribution in [1.29, 1.82) is 0 Å². The topological polar surface area (TPSA) is 78.4 Å². The number of carboxylic acids is 1. The third kappa shape index (κ3) is 4.40. The molecule has 1 aliphatic rings. The summed E-state index contributed by atoms with van der Waals surface area (Å²) in [7, 11) is 0. The highest BCUT2D eigenvalue weighted by Gasteiger charge is 2.17. The number of thioether (sulfide) groups is 1. The van der Waals surface area contributed by atoms with Crippen LogP contribution in [-0.4, -0.2) is 41.1 Å². The molecule has 1 aliphatic heterocycles. The van der Waals surface area contributed by atoms with Gasteiger partial charge in [-0.1, -0.05) is 11.6 Å². The fourth-order valence-corrected chi connectivity index (χ4v) is 3.16. The van der Waals surface area contributed by atoms with E-state index in [0.29, 0.717) is 12.1 Å². The lowest BCUT2D eigenvalue weighted by Gasteiger charge is -2.22. The second kappa shape index (κ2) is 6.97. The largest absolute Gasteiger partial charge is 0.478 e. The van der Waals surface area contributed by atoms with Gasteiger partial charge in [-0.3, -0.25) is 4.79 Å². The molecule has 1 fully saturated rings. The maximum atomic E-state index is 11.9. The Balaban J connectivity index is 1.98. The molecule has 0 bridgehead atoms. The van der Waals surface area contributed by atoms with E-state index in [-0.39, 0.29) is 22.5 Å². The zero-order valence-electron chi connectivity index (χ0n) is 10.7. The van der Waals surface area contributed by atoms with Gasteiger partial charge >= 0.3 is 5.97 Å². The Bertz CT molecular complexity index is 518. The SMILES string of the molecule is O=C(CC1CSCCN1)Nc1cc(Cl)cc(C(=O)O)c1. The first kappa shape index (κ1) is 15.2. The number of carboxylic acid groups (broad SMARTS) is 1. The molecule has 1 amide bonds. The number of rotatable bonds is 4. The number of nitrogens with one attached hydrogen (secondary N) is 2. The van der Waals surface area contributed by atoms with E-state index < -0.39 is 5.97 Å². The van der Waals surface area contributed by atoms with Gasteiger partial charge in [0.1, 0.15) is 0 Å². The van der Waals surface area contributed by atoms with E-state index in [9.17, 15) is 9.59 Å². The maximum Gasteiger partial charge on any atom is 0.335 e. The molecule has 0 aliphatic carbocycles. The van der Waals surface area contributed by atoms with Crippen molar-refractivity contribution in [2.24, 2.45) is 0 Å². The number of halogens is 1. The van der Waals surface area contributed by atoms with Crippen LogP contribution in [-0.2, 0) is 4.79 Å². The third-order valence-corrected chi connectivity index (χ3v) is 4.21. The molecule has 1 saturated heterocycles. The van der Waals surface area contributed by atoms with Crippen molar-refractivity contribution in [2.75, 3.05) is 23.4 Å². The van der Waals surface area contributed by atoms with Gasteiger partial charge in [-0.15, -0.1) is 0 Å². The first-order valence-corrected chi connectivity index (χ1v) is 7.73. The molecular formula is C13H15ClN2O3S. The Morgan fingerprint density at radius 3 is 2.90 bits per heavy atom. The molecule has 3 N–H and O–H groups in total. The summed E-state index contributed by atoms with van der Waals surface area (Å²) in [5.74, 6) is 0.745. The first-order chi connectivity index (χ1) is 9.54. The zero-order chi connectivity index (χ0) is 14.5. The smallest absolute Gasteiger partial charge is 0.335 e. The quantitative estimate of drug-likeness (QED) is 0.793. The molecule has 5 nitrogen and oxygen atoms in total. The second-order valence-corrected chi connectivity index (χ2v) is 6.10. The highest BCUT2D eigenvalue weighted by molar-refractivity contribution is 7.99. The van der Waals surface area contributed by atoms with Crippen molar-refractivity contribution in [1.82, 2.24) is 5.32 Å². The predicted molar refractivity (Wildman–Crippen MR) is 80.8 cm³/mol. The van der Waals surface area contributed by atoms with Crippen LogP contribution >= 0.6 is 23.4 Å². The van der Waals surface area contributed by atoms with E-state index in [1.807, 2.05) is 11.8 Å². The molecule has 0 radical (unpaired) electrons. The molecule has 1 heterocycles. The Morgan fingerprint density at radius 1 is 1.45 bits per heavy atom. The van der Waals surface area contributed by atoms with Crippen LogP contribution in [0.5, 0.6) is 0 Å². The highest BCUT2D eigenvalue weighted by atomic mass is 35.5. The fourth-order valence-electron chi connectivity index (χ4n) is 1.97. The van der Waals surface area contributed by atoms with E-state index in [4.69, 9.17) is 16.7 Å². The fraction of sp³-hybridized carbons (Fsp3) is 0.385. The minimum absolute atomic E-state index is 0.0548. The summed E-state index contributed by atoms with van der Waals surface area (Å²) in [5.41, 5.74) is 0.461. The Kier molecular flexibility index (Phi) is 5.28. The third-order valence-electron chi connectivity index (χ3n) is 2.86. The molecule has 7 heteroatoms. The van der Waals surface area contributed by atoms with Gasteiger partial charge in [-0.05, 0) is 18.2 Å². The molecule has 2 rings (SSSR count). The number of carbonyl (C=O) groups excluding carboxylic acids is 1. The van der Waals surface area contributed by atoms with Crippen molar-refractivity contribution in [3.8, 4) is 0 Å². The Hall–Kier alpha value is -1.24. The van der Waals surface area contributed by atoms with Gasteiger partial charge in [-0.25, -0.2) is 4.79 Å². The Morgan fingerprint density at radius 2 is 2.25 bits per heavy atom. The van der Waals surface area contributed by atoms with E-state index in [0.717, 1.165) is 18.1 Å². The molecule has 1 aromatic rings. The standard InChI is InChI=1S/C13H15ClN2O3S/c14-9-3-8(13(18)19)4-10(5-9)16-12(17)6-11-7-20-2-1-15-11/h3-5,11,15H,1-2,6-7H2,(H,16,17)(H,18,19). The maximum absolute atomic E-state index is 11.9. The summed E-state index contributed by atoms with van der Waals surface area (Å²) < 4.78 is 0. The van der Waals surface area contributed by atoms with Crippen molar-refractivity contribution < 1.29 is 14.7 Å². The average Bonchev–Trinajstić information content (AvgIpc) is 2.38. The van der Waals surface area contributed by atoms with Crippen molar-refractivity contribution in [2.45, 2.75) is 12.5 Å². The van der Waals surface area contributed by atoms with Gasteiger partial charge in [-0.2, -0.15) is 11.8 Å². The van der Waals surface area contributed by atoms with Crippen molar-refractivity contribution >= 4 is 40.9 Å². The second-order valence-electron chi connectivity index (χ2n) is 4.51. The van der Waals surface area contributed by atoms with E-state index in [2.05, 4.69) is 10.6 Å². The van der Waals surface area contributed by atoms with Gasteiger partial charge in [0, 0.05) is 41.2 Å². The average molecular weight is 315 g/mol. The number of amides is 1. The van der Waals surface area contributed by atoms with Gasteiger partial charge in [0.05, 0.1) is 5.56 Å². The van der Waals surface area contributed by atoms with Crippen LogP contribution in [0.25, 0.3) is 0 Å². The van der Waals surface area contributed by atoms with Crippen molar-refractivity contribution in [3.05, 3.63) is 28.8 Å². The van der Waals surface area contributed by atoms with E-state index in [1.54, 1.807) is 0 Å². The summed E-state index contributed by atoms with van der Waals surface area (Å²) in [4.78, 5) is 22.8. The van der Waals surface area contributed by atoms with Gasteiger partial charge in [0.15, 0.2) is 0 Å². The molecule has 1 unspecified atom stereocenters. The summed E-state index contributed by atoms with van der Waals surface area (Å²) >= 11 is 7.66. The zero-order valence-corrected chi connectivity index (χ0v) is 12.3. The number of hydrogen-bond donors (Lipinski definition) is 3. The number of benzene rings is 1. The summed E-state index contributed by atoms with van der Waals surface area (Å²) in [6.45, 7) is 0.906. The molecule has 108 valence electrons. The van der Waals surface area contributed by atoms with E-state index >= 15 is 0 Å². The minimum atomic E-state index is -1.08. The molecule has 0 aromatic heterocycles. The van der Waals surface area contributed by atoms with Crippen LogP contribution in [0.2, 0.25) is 5.02 Å². The number of hydrogen-bond acceptors (Lipinski definition) is 4. The van der Waals surface area contributed by atoms with Crippen LogP contribution < -0.4 is 10.6 Å². The molecule has 1 atom stereocenters. The number of carbonyl (C=O) groups is 2. The lowest BCUT2D eigenvalue weighted by atomic mass is 10.2. The first-order valence-electron chi connectivity index (χ1n) is 6.19. The molecule has 0 saturated carbocycles. The van der Waals surface area contributed by atoms with Gasteiger partial charge in [0.25, 0.3) is 0 Å². The summed E-state index contributed by atoms with van der Waals surface area (Å²) in [6, 6.07) is 4.44. The van der Waals surface area contributed by atoms with Crippen LogP contribution in [0.1, 0.15) is 16.8 Å². The van der Waals surface area contributed by atoms with Gasteiger partial charge < -0.3 is 15.7 Å². The minimum Gasteiger partial charge on any atom is -0.478 e. The summed E-state index contributed by atoms with van der Waals surface area (Å²) in [6.07, 6.45) is 0.363. The number of aromatic carboxylic acids is 1. The normalized spacial score (nSPS) is 18.6. The van der Waals surface area contributed by atoms with Crippen LogP contribution in [0.3, 0.4) is 0 Å². The number of anilines is 1. The van der Waals surface area contributed by atoms with Gasteiger partial charge in [0.2, 0.25) is 5.91 Å². The lowest BCUT2D eigenvalue weighted by molar-refractivity contribution is -0.116. The molecule has 20 heavy (non-hydrogen) atoms. The van der Waals surface area contributed by atoms with Crippen molar-refractivity contribution in [3.63, 3.8) is 0 Å². The van der Waals surface area contributed by atoms with Crippen LogP contribution in [0.15, 0.2) is 18.2 Å². The highest BCUT2D eigenvalue weighted by Crippen LogP contribution is 2.20. The Labute approximate surface area is 126 Å². The molecule has 1 aromatic carbocycles. The summed E-state index contributed by atoms with van der Waals surface area (Å²) in [5, 5.41) is 15.2. The van der Waals surface area contributed by atoms with E-state index in [1.165, 1.54) is 18.2 Å². The predicted octanol–water partition coefficient (Wildman–Crippen LogP) is 2.07. The van der Waals surface area contributed by atoms with Crippen LogP contribution in [0.4, 0.5) is 5.69 Å².